The van der Waals surface area contributed by atoms with E-state index in [1.807, 2.05) is 24.3 Å². The van der Waals surface area contributed by atoms with Crippen LogP contribution in [0.25, 0.3) is 16.9 Å². The first-order valence-electron chi connectivity index (χ1n) is 6.04. The normalized spacial score (nSPS) is 10.2. The van der Waals surface area contributed by atoms with Crippen LogP contribution in [0.5, 0.6) is 0 Å². The van der Waals surface area contributed by atoms with Crippen molar-refractivity contribution in [3.8, 4) is 23.0 Å². The molecule has 3 aromatic rings. The minimum atomic E-state index is 0.567. The van der Waals surface area contributed by atoms with Gasteiger partial charge in [-0.2, -0.15) is 10.4 Å². The standard InChI is InChI=1S/C15H11N5/c16-9-11-2-1-3-12(8-11)15-14(17)10-20(19-15)13-4-6-18-7-5-13/h1-8,10H,17H2. The lowest BCUT2D eigenvalue weighted by Gasteiger charge is -2.00. The molecule has 20 heavy (non-hydrogen) atoms. The number of rotatable bonds is 2. The molecule has 0 aliphatic carbocycles. The van der Waals surface area contributed by atoms with Crippen molar-refractivity contribution in [1.29, 1.82) is 5.26 Å². The third-order valence-electron chi connectivity index (χ3n) is 2.93. The van der Waals surface area contributed by atoms with Gasteiger partial charge in [-0.1, -0.05) is 12.1 Å². The number of anilines is 1. The summed E-state index contributed by atoms with van der Waals surface area (Å²) in [5, 5.41) is 13.4. The maximum Gasteiger partial charge on any atom is 0.116 e. The van der Waals surface area contributed by atoms with Gasteiger partial charge in [-0.15, -0.1) is 0 Å². The molecular weight excluding hydrogens is 250 g/mol. The second kappa shape index (κ2) is 4.86. The number of aromatic nitrogens is 3. The van der Waals surface area contributed by atoms with Gasteiger partial charge in [0.2, 0.25) is 0 Å². The zero-order chi connectivity index (χ0) is 13.9. The first-order valence-corrected chi connectivity index (χ1v) is 6.04. The average molecular weight is 261 g/mol. The van der Waals surface area contributed by atoms with E-state index in [2.05, 4.69) is 16.2 Å². The van der Waals surface area contributed by atoms with Gasteiger partial charge >= 0.3 is 0 Å². The zero-order valence-corrected chi connectivity index (χ0v) is 10.6. The molecule has 0 aliphatic rings. The van der Waals surface area contributed by atoms with Gasteiger partial charge in [0, 0.05) is 18.0 Å². The summed E-state index contributed by atoms with van der Waals surface area (Å²) in [5.41, 5.74) is 9.55. The summed E-state index contributed by atoms with van der Waals surface area (Å²) in [6, 6.07) is 13.0. The fraction of sp³-hybridized carbons (Fsp3) is 0. The van der Waals surface area contributed by atoms with E-state index in [4.69, 9.17) is 11.0 Å². The van der Waals surface area contributed by atoms with E-state index in [1.54, 1.807) is 35.4 Å². The molecule has 0 saturated carbocycles. The molecule has 0 aliphatic heterocycles. The van der Waals surface area contributed by atoms with Gasteiger partial charge in [0.1, 0.15) is 5.69 Å². The first kappa shape index (κ1) is 11.9. The molecule has 0 unspecified atom stereocenters. The molecule has 96 valence electrons. The van der Waals surface area contributed by atoms with Crippen molar-refractivity contribution < 1.29 is 0 Å². The minimum Gasteiger partial charge on any atom is -0.396 e. The first-order chi connectivity index (χ1) is 9.78. The van der Waals surface area contributed by atoms with Gasteiger partial charge in [0.15, 0.2) is 0 Å². The fourth-order valence-electron chi connectivity index (χ4n) is 1.98. The summed E-state index contributed by atoms with van der Waals surface area (Å²) in [6.45, 7) is 0. The van der Waals surface area contributed by atoms with Crippen LogP contribution in [0.2, 0.25) is 0 Å². The van der Waals surface area contributed by atoms with Crippen LogP contribution in [0.3, 0.4) is 0 Å². The monoisotopic (exact) mass is 261 g/mol. The average Bonchev–Trinajstić information content (AvgIpc) is 2.90. The predicted molar refractivity (Wildman–Crippen MR) is 75.9 cm³/mol. The summed E-state index contributed by atoms with van der Waals surface area (Å²) in [7, 11) is 0. The molecule has 0 saturated heterocycles. The lowest BCUT2D eigenvalue weighted by Crippen LogP contribution is -1.94. The molecule has 0 fully saturated rings. The third-order valence-corrected chi connectivity index (χ3v) is 2.93. The number of nitriles is 1. The second-order valence-electron chi connectivity index (χ2n) is 4.28. The lowest BCUT2D eigenvalue weighted by molar-refractivity contribution is 0.881. The van der Waals surface area contributed by atoms with Crippen LogP contribution in [0.15, 0.2) is 55.0 Å². The second-order valence-corrected chi connectivity index (χ2v) is 4.28. The number of nitrogens with zero attached hydrogens (tertiary/aromatic N) is 4. The fourth-order valence-corrected chi connectivity index (χ4v) is 1.98. The van der Waals surface area contributed by atoms with Gasteiger partial charge in [-0.3, -0.25) is 4.98 Å². The molecule has 5 heteroatoms. The summed E-state index contributed by atoms with van der Waals surface area (Å²) in [6.07, 6.45) is 5.15. The smallest absolute Gasteiger partial charge is 0.116 e. The van der Waals surface area contributed by atoms with Crippen LogP contribution >= 0.6 is 0 Å². The van der Waals surface area contributed by atoms with Crippen molar-refractivity contribution in [1.82, 2.24) is 14.8 Å². The van der Waals surface area contributed by atoms with Crippen molar-refractivity contribution in [2.75, 3.05) is 5.73 Å². The summed E-state index contributed by atoms with van der Waals surface area (Å²) < 4.78 is 1.70. The van der Waals surface area contributed by atoms with Gasteiger partial charge in [-0.25, -0.2) is 4.68 Å². The van der Waals surface area contributed by atoms with Crippen LogP contribution in [0, 0.1) is 11.3 Å². The maximum absolute atomic E-state index is 8.95. The molecule has 3 rings (SSSR count). The highest BCUT2D eigenvalue weighted by Gasteiger charge is 2.10. The molecular formula is C15H11N5. The molecule has 0 amide bonds. The number of hydrogen-bond donors (Lipinski definition) is 1. The Morgan fingerprint density at radius 1 is 1.15 bits per heavy atom. The molecule has 1 aromatic carbocycles. The Labute approximate surface area is 115 Å². The van der Waals surface area contributed by atoms with E-state index in [-0.39, 0.29) is 0 Å². The maximum atomic E-state index is 8.95. The molecule has 0 bridgehead atoms. The minimum absolute atomic E-state index is 0.567. The Morgan fingerprint density at radius 3 is 2.70 bits per heavy atom. The Balaban J connectivity index is 2.08. The van der Waals surface area contributed by atoms with Crippen molar-refractivity contribution in [3.05, 3.63) is 60.6 Å². The highest BCUT2D eigenvalue weighted by Crippen LogP contribution is 2.25. The topological polar surface area (TPSA) is 80.5 Å². The number of pyridine rings is 1. The van der Waals surface area contributed by atoms with Crippen molar-refractivity contribution in [2.24, 2.45) is 0 Å². The molecule has 2 aromatic heterocycles. The highest BCUT2D eigenvalue weighted by molar-refractivity contribution is 5.73. The predicted octanol–water partition coefficient (Wildman–Crippen LogP) is 2.39. The van der Waals surface area contributed by atoms with E-state index >= 15 is 0 Å². The zero-order valence-electron chi connectivity index (χ0n) is 10.6. The quantitative estimate of drug-likeness (QED) is 0.768. The Morgan fingerprint density at radius 2 is 1.95 bits per heavy atom. The third kappa shape index (κ3) is 2.10. The number of benzene rings is 1. The summed E-state index contributed by atoms with van der Waals surface area (Å²) in [5.74, 6) is 0. The SMILES string of the molecule is N#Cc1cccc(-c2nn(-c3ccncc3)cc2N)c1. The molecule has 0 radical (unpaired) electrons. The highest BCUT2D eigenvalue weighted by atomic mass is 15.3. The molecule has 2 N–H and O–H groups in total. The number of nitrogens with two attached hydrogens (primary N) is 1. The molecule has 5 nitrogen and oxygen atoms in total. The van der Waals surface area contributed by atoms with Crippen LogP contribution in [0.1, 0.15) is 5.56 Å². The van der Waals surface area contributed by atoms with Crippen LogP contribution in [-0.2, 0) is 0 Å². The van der Waals surface area contributed by atoms with Crippen LogP contribution < -0.4 is 5.73 Å². The van der Waals surface area contributed by atoms with Gasteiger partial charge in [0.05, 0.1) is 29.2 Å². The van der Waals surface area contributed by atoms with Gasteiger partial charge in [0.25, 0.3) is 0 Å². The lowest BCUT2D eigenvalue weighted by atomic mass is 10.1. The number of hydrogen-bond acceptors (Lipinski definition) is 4. The van der Waals surface area contributed by atoms with Crippen molar-refractivity contribution >= 4 is 5.69 Å². The van der Waals surface area contributed by atoms with E-state index in [0.717, 1.165) is 11.3 Å². The van der Waals surface area contributed by atoms with E-state index in [0.29, 0.717) is 16.9 Å². The van der Waals surface area contributed by atoms with Crippen LogP contribution in [-0.4, -0.2) is 14.8 Å². The van der Waals surface area contributed by atoms with Crippen molar-refractivity contribution in [2.45, 2.75) is 0 Å². The van der Waals surface area contributed by atoms with E-state index in [9.17, 15) is 0 Å². The van der Waals surface area contributed by atoms with Gasteiger partial charge in [-0.05, 0) is 24.3 Å². The molecule has 0 atom stereocenters. The summed E-state index contributed by atoms with van der Waals surface area (Å²) in [4.78, 5) is 3.97. The van der Waals surface area contributed by atoms with Gasteiger partial charge < -0.3 is 5.73 Å². The molecule has 0 spiro atoms. The van der Waals surface area contributed by atoms with E-state index < -0.39 is 0 Å². The Kier molecular flexibility index (Phi) is 2.90. The molecule has 2 heterocycles. The largest absolute Gasteiger partial charge is 0.396 e. The Hall–Kier alpha value is -3.13. The number of nitrogen functional groups attached to an aromatic ring is 1. The van der Waals surface area contributed by atoms with Crippen LogP contribution in [0.4, 0.5) is 5.69 Å². The summed E-state index contributed by atoms with van der Waals surface area (Å²) >= 11 is 0. The Bertz CT molecular complexity index is 784. The van der Waals surface area contributed by atoms with Crippen molar-refractivity contribution in [3.63, 3.8) is 0 Å². The van der Waals surface area contributed by atoms with E-state index in [1.165, 1.54) is 0 Å².